The highest BCUT2D eigenvalue weighted by Crippen LogP contribution is 2.28. The Labute approximate surface area is 203 Å². The van der Waals surface area contributed by atoms with Crippen molar-refractivity contribution >= 4 is 17.7 Å². The Kier molecular flexibility index (Phi) is 7.79. The summed E-state index contributed by atoms with van der Waals surface area (Å²) in [5.74, 6) is 0.468. The quantitative estimate of drug-likeness (QED) is 0.382. The minimum atomic E-state index is -1.12. The van der Waals surface area contributed by atoms with E-state index in [0.717, 1.165) is 37.1 Å². The normalized spacial score (nSPS) is 13.6. The van der Waals surface area contributed by atoms with E-state index < -0.39 is 5.97 Å². The molecule has 0 radical (unpaired) electrons. The molecule has 1 saturated heterocycles. The number of nitrogens with one attached hydrogen (secondary N) is 3. The number of carboxylic acids is 1. The molecule has 4 N–H and O–H groups in total. The van der Waals surface area contributed by atoms with Crippen LogP contribution in [0, 0.1) is 6.92 Å². The van der Waals surface area contributed by atoms with Crippen molar-refractivity contribution in [3.8, 4) is 17.2 Å². The summed E-state index contributed by atoms with van der Waals surface area (Å²) in [7, 11) is 0. The maximum Gasteiger partial charge on any atom is 0.354 e. The van der Waals surface area contributed by atoms with E-state index in [1.165, 1.54) is 12.3 Å². The number of ether oxygens (including phenoxy) is 2. The average Bonchev–Trinajstić information content (AvgIpc) is 2.86. The third kappa shape index (κ3) is 6.94. The molecule has 1 fully saturated rings. The molecule has 9 nitrogen and oxygen atoms in total. The first kappa shape index (κ1) is 24.0. The first-order valence-corrected chi connectivity index (χ1v) is 11.5. The van der Waals surface area contributed by atoms with Crippen LogP contribution in [-0.2, 0) is 6.54 Å². The van der Waals surface area contributed by atoms with E-state index in [2.05, 4.69) is 20.9 Å². The van der Waals surface area contributed by atoms with Gasteiger partial charge in [0.15, 0.2) is 5.69 Å². The van der Waals surface area contributed by atoms with Crippen LogP contribution in [0.15, 0.2) is 60.8 Å². The Bertz CT molecular complexity index is 1180. The summed E-state index contributed by atoms with van der Waals surface area (Å²) in [6, 6.07) is 15.5. The molecular formula is C26H28N4O5. The molecule has 0 atom stereocenters. The second kappa shape index (κ2) is 11.3. The Morgan fingerprint density at radius 2 is 1.83 bits per heavy atom. The third-order valence-electron chi connectivity index (χ3n) is 5.53. The van der Waals surface area contributed by atoms with Crippen molar-refractivity contribution in [3.63, 3.8) is 0 Å². The van der Waals surface area contributed by atoms with Gasteiger partial charge in [-0.25, -0.2) is 14.6 Å². The fraction of sp³-hybridized carbons (Fsp3) is 0.269. The van der Waals surface area contributed by atoms with Crippen LogP contribution in [0.1, 0.15) is 34.5 Å². The molecule has 1 aliphatic rings. The number of aromatic nitrogens is 1. The fourth-order valence-electron chi connectivity index (χ4n) is 3.69. The van der Waals surface area contributed by atoms with Crippen LogP contribution in [-0.4, -0.2) is 41.3 Å². The number of carboxylic acid groups (broad SMARTS) is 1. The lowest BCUT2D eigenvalue weighted by Gasteiger charge is -2.25. The lowest BCUT2D eigenvalue weighted by molar-refractivity contribution is 0.0690. The zero-order chi connectivity index (χ0) is 24.6. The molecule has 182 valence electrons. The summed E-state index contributed by atoms with van der Waals surface area (Å²) in [4.78, 5) is 27.4. The SMILES string of the molecule is Cc1ccc(OC2CCNCC2)c(NC(=O)NCc2ccc(Oc3ccnc(C(=O)O)c3)cc2)c1. The number of pyridine rings is 1. The highest BCUT2D eigenvalue weighted by Gasteiger charge is 2.17. The summed E-state index contributed by atoms with van der Waals surface area (Å²) >= 11 is 0. The Balaban J connectivity index is 1.31. The molecular weight excluding hydrogens is 448 g/mol. The molecule has 2 heterocycles. The molecule has 0 aliphatic carbocycles. The van der Waals surface area contributed by atoms with Crippen LogP contribution < -0.4 is 25.4 Å². The van der Waals surface area contributed by atoms with Crippen LogP contribution in [0.3, 0.4) is 0 Å². The van der Waals surface area contributed by atoms with E-state index in [1.807, 2.05) is 37.3 Å². The van der Waals surface area contributed by atoms with Crippen LogP contribution in [0.25, 0.3) is 0 Å². The number of carbonyl (C=O) groups is 2. The zero-order valence-corrected chi connectivity index (χ0v) is 19.4. The van der Waals surface area contributed by atoms with E-state index >= 15 is 0 Å². The lowest BCUT2D eigenvalue weighted by Crippen LogP contribution is -2.34. The summed E-state index contributed by atoms with van der Waals surface area (Å²) < 4.78 is 11.8. The van der Waals surface area contributed by atoms with E-state index in [9.17, 15) is 9.59 Å². The topological polar surface area (TPSA) is 122 Å². The molecule has 35 heavy (non-hydrogen) atoms. The number of aromatic carboxylic acids is 1. The Morgan fingerprint density at radius 3 is 2.57 bits per heavy atom. The van der Waals surface area contributed by atoms with Gasteiger partial charge in [-0.1, -0.05) is 18.2 Å². The van der Waals surface area contributed by atoms with Gasteiger partial charge in [0.25, 0.3) is 0 Å². The van der Waals surface area contributed by atoms with Gasteiger partial charge in [-0.3, -0.25) is 0 Å². The van der Waals surface area contributed by atoms with Gasteiger partial charge >= 0.3 is 12.0 Å². The highest BCUT2D eigenvalue weighted by atomic mass is 16.5. The number of benzene rings is 2. The number of rotatable bonds is 8. The van der Waals surface area contributed by atoms with Gasteiger partial charge in [0.1, 0.15) is 23.4 Å². The van der Waals surface area contributed by atoms with Crippen molar-refractivity contribution in [2.45, 2.75) is 32.4 Å². The molecule has 0 bridgehead atoms. The first-order valence-electron chi connectivity index (χ1n) is 11.5. The largest absolute Gasteiger partial charge is 0.488 e. The number of nitrogens with zero attached hydrogens (tertiary/aromatic N) is 1. The van der Waals surface area contributed by atoms with Crippen molar-refractivity contribution in [1.29, 1.82) is 0 Å². The molecule has 0 spiro atoms. The predicted molar refractivity (Wildman–Crippen MR) is 131 cm³/mol. The van der Waals surface area contributed by atoms with E-state index in [1.54, 1.807) is 18.2 Å². The van der Waals surface area contributed by atoms with E-state index in [4.69, 9.17) is 14.6 Å². The summed E-state index contributed by atoms with van der Waals surface area (Å²) in [6.07, 6.45) is 3.38. The van der Waals surface area contributed by atoms with Crippen LogP contribution in [0.2, 0.25) is 0 Å². The average molecular weight is 477 g/mol. The van der Waals surface area contributed by atoms with Crippen LogP contribution >= 0.6 is 0 Å². The number of anilines is 1. The Morgan fingerprint density at radius 1 is 1.06 bits per heavy atom. The van der Waals surface area contributed by atoms with Gasteiger partial charge in [0, 0.05) is 18.8 Å². The van der Waals surface area contributed by atoms with E-state index in [0.29, 0.717) is 29.5 Å². The second-order valence-corrected chi connectivity index (χ2v) is 8.30. The van der Waals surface area contributed by atoms with Crippen molar-refractivity contribution < 1.29 is 24.2 Å². The van der Waals surface area contributed by atoms with Crippen molar-refractivity contribution in [2.75, 3.05) is 18.4 Å². The number of aryl methyl sites for hydroxylation is 1. The van der Waals surface area contributed by atoms with Gasteiger partial charge in [0.05, 0.1) is 5.69 Å². The molecule has 1 aromatic heterocycles. The third-order valence-corrected chi connectivity index (χ3v) is 5.53. The monoisotopic (exact) mass is 476 g/mol. The van der Waals surface area contributed by atoms with Gasteiger partial charge in [-0.2, -0.15) is 0 Å². The molecule has 1 aliphatic heterocycles. The molecule has 2 amide bonds. The second-order valence-electron chi connectivity index (χ2n) is 8.30. The van der Waals surface area contributed by atoms with Crippen LogP contribution in [0.4, 0.5) is 10.5 Å². The smallest absolute Gasteiger partial charge is 0.354 e. The van der Waals surface area contributed by atoms with Gasteiger partial charge < -0.3 is 30.5 Å². The van der Waals surface area contributed by atoms with Crippen LogP contribution in [0.5, 0.6) is 17.2 Å². The number of piperidine rings is 1. The molecule has 2 aromatic carbocycles. The lowest BCUT2D eigenvalue weighted by atomic mass is 10.1. The highest BCUT2D eigenvalue weighted by molar-refractivity contribution is 5.91. The number of carbonyl (C=O) groups excluding carboxylic acids is 1. The van der Waals surface area contributed by atoms with E-state index in [-0.39, 0.29) is 17.8 Å². The first-order chi connectivity index (χ1) is 17.0. The minimum absolute atomic E-state index is 0.0905. The Hall–Kier alpha value is -4.11. The minimum Gasteiger partial charge on any atom is -0.488 e. The molecule has 3 aromatic rings. The number of hydrogen-bond acceptors (Lipinski definition) is 6. The number of urea groups is 1. The maximum atomic E-state index is 12.6. The summed E-state index contributed by atoms with van der Waals surface area (Å²) in [6.45, 7) is 4.14. The summed E-state index contributed by atoms with van der Waals surface area (Å²) in [5, 5.41) is 18.1. The number of hydrogen-bond donors (Lipinski definition) is 4. The predicted octanol–water partition coefficient (Wildman–Crippen LogP) is 4.33. The summed E-state index contributed by atoms with van der Waals surface area (Å²) in [5.41, 5.74) is 2.46. The molecule has 9 heteroatoms. The fourth-order valence-corrected chi connectivity index (χ4v) is 3.69. The van der Waals surface area contributed by atoms with Crippen molar-refractivity contribution in [1.82, 2.24) is 15.6 Å². The molecule has 4 rings (SSSR count). The van der Waals surface area contributed by atoms with Gasteiger partial charge in [-0.15, -0.1) is 0 Å². The standard InChI is InChI=1S/C26H28N4O5/c1-17-2-7-24(35-20-8-11-27-12-9-20)22(14-17)30-26(33)29-16-18-3-5-19(6-4-18)34-21-10-13-28-23(15-21)25(31)32/h2-7,10,13-15,20,27H,8-9,11-12,16H2,1H3,(H,31,32)(H2,29,30,33). The number of amides is 2. The van der Waals surface area contributed by atoms with Gasteiger partial charge in [-0.05, 0) is 74.3 Å². The molecule has 0 saturated carbocycles. The van der Waals surface area contributed by atoms with Crippen molar-refractivity contribution in [3.05, 3.63) is 77.6 Å². The van der Waals surface area contributed by atoms with Gasteiger partial charge in [0.2, 0.25) is 0 Å². The maximum absolute atomic E-state index is 12.6. The van der Waals surface area contributed by atoms with Crippen molar-refractivity contribution in [2.24, 2.45) is 0 Å². The molecule has 0 unspecified atom stereocenters. The zero-order valence-electron chi connectivity index (χ0n) is 19.4.